The van der Waals surface area contributed by atoms with Crippen LogP contribution in [0.3, 0.4) is 0 Å². The molecule has 0 aliphatic carbocycles. The largest absolute Gasteiger partial charge is 0.462 e. The standard InChI is InChI=1S/C12H18N2O2/c1-9(2)16-12(15)8-14(3)11-6-4-10(13)5-7-11/h4-7,9H,8,13H2,1-3H3. The molecule has 0 spiro atoms. The lowest BCUT2D eigenvalue weighted by Crippen LogP contribution is -2.28. The number of rotatable bonds is 4. The summed E-state index contributed by atoms with van der Waals surface area (Å²) in [5.74, 6) is -0.227. The first-order valence-electron chi connectivity index (χ1n) is 5.25. The van der Waals surface area contributed by atoms with Gasteiger partial charge in [-0.2, -0.15) is 0 Å². The lowest BCUT2D eigenvalue weighted by molar-refractivity contribution is -0.145. The van der Waals surface area contributed by atoms with Gasteiger partial charge in [0.15, 0.2) is 0 Å². The lowest BCUT2D eigenvalue weighted by atomic mass is 10.2. The molecule has 0 aromatic heterocycles. The van der Waals surface area contributed by atoms with Crippen LogP contribution in [0.4, 0.5) is 11.4 Å². The highest BCUT2D eigenvalue weighted by atomic mass is 16.5. The average molecular weight is 222 g/mol. The van der Waals surface area contributed by atoms with Crippen molar-refractivity contribution in [3.8, 4) is 0 Å². The molecule has 2 N–H and O–H groups in total. The van der Waals surface area contributed by atoms with E-state index >= 15 is 0 Å². The van der Waals surface area contributed by atoms with Gasteiger partial charge in [0.1, 0.15) is 6.54 Å². The van der Waals surface area contributed by atoms with Gasteiger partial charge >= 0.3 is 5.97 Å². The van der Waals surface area contributed by atoms with Gasteiger partial charge in [-0.05, 0) is 38.1 Å². The number of hydrogen-bond donors (Lipinski definition) is 1. The summed E-state index contributed by atoms with van der Waals surface area (Å²) < 4.78 is 5.06. The second-order valence-electron chi connectivity index (χ2n) is 3.99. The fraction of sp³-hybridized carbons (Fsp3) is 0.417. The molecule has 0 fully saturated rings. The van der Waals surface area contributed by atoms with Crippen molar-refractivity contribution in [2.24, 2.45) is 0 Å². The molecule has 4 heteroatoms. The molecule has 88 valence electrons. The molecule has 4 nitrogen and oxygen atoms in total. The Morgan fingerprint density at radius 2 is 1.94 bits per heavy atom. The highest BCUT2D eigenvalue weighted by molar-refractivity contribution is 5.76. The van der Waals surface area contributed by atoms with Crippen LogP contribution < -0.4 is 10.6 Å². The predicted molar refractivity (Wildman–Crippen MR) is 65.4 cm³/mol. The molecule has 16 heavy (non-hydrogen) atoms. The predicted octanol–water partition coefficient (Wildman–Crippen LogP) is 1.66. The van der Waals surface area contributed by atoms with Gasteiger partial charge in [-0.25, -0.2) is 0 Å². The third-order valence-electron chi connectivity index (χ3n) is 2.07. The summed E-state index contributed by atoms with van der Waals surface area (Å²) in [6.07, 6.45) is -0.0766. The molecule has 0 unspecified atom stereocenters. The van der Waals surface area contributed by atoms with Crippen LogP contribution in [0.15, 0.2) is 24.3 Å². The van der Waals surface area contributed by atoms with E-state index in [1.807, 2.05) is 37.9 Å². The molecular weight excluding hydrogens is 204 g/mol. The summed E-state index contributed by atoms with van der Waals surface area (Å²) in [5, 5.41) is 0. The molecule has 0 atom stereocenters. The summed E-state index contributed by atoms with van der Waals surface area (Å²) in [6, 6.07) is 7.36. The Kier molecular flexibility index (Phi) is 4.17. The van der Waals surface area contributed by atoms with Crippen LogP contribution in [0, 0.1) is 0 Å². The zero-order valence-electron chi connectivity index (χ0n) is 9.93. The molecule has 0 saturated carbocycles. The van der Waals surface area contributed by atoms with Gasteiger partial charge in [0, 0.05) is 18.4 Å². The van der Waals surface area contributed by atoms with Crippen LogP contribution >= 0.6 is 0 Å². The smallest absolute Gasteiger partial charge is 0.325 e. The normalized spacial score (nSPS) is 10.2. The summed E-state index contributed by atoms with van der Waals surface area (Å²) in [4.78, 5) is 13.2. The second kappa shape index (κ2) is 5.39. The van der Waals surface area contributed by atoms with Gasteiger partial charge in [-0.1, -0.05) is 0 Å². The first-order chi connectivity index (χ1) is 7.49. The third-order valence-corrected chi connectivity index (χ3v) is 2.07. The molecule has 0 bridgehead atoms. The maximum Gasteiger partial charge on any atom is 0.325 e. The summed E-state index contributed by atoms with van der Waals surface area (Å²) in [7, 11) is 1.84. The van der Waals surface area contributed by atoms with Crippen molar-refractivity contribution in [3.05, 3.63) is 24.3 Å². The maximum absolute atomic E-state index is 11.4. The Bertz CT molecular complexity index is 347. The third kappa shape index (κ3) is 3.81. The van der Waals surface area contributed by atoms with Crippen LogP contribution in [0.2, 0.25) is 0 Å². The Balaban J connectivity index is 2.55. The maximum atomic E-state index is 11.4. The fourth-order valence-corrected chi connectivity index (χ4v) is 1.31. The number of anilines is 2. The van der Waals surface area contributed by atoms with Crippen LogP contribution in [0.1, 0.15) is 13.8 Å². The van der Waals surface area contributed by atoms with Crippen molar-refractivity contribution in [1.82, 2.24) is 0 Å². The van der Waals surface area contributed by atoms with E-state index in [-0.39, 0.29) is 18.6 Å². The molecule has 1 aromatic carbocycles. The van der Waals surface area contributed by atoms with Gasteiger partial charge in [0.2, 0.25) is 0 Å². The highest BCUT2D eigenvalue weighted by Gasteiger charge is 2.09. The van der Waals surface area contributed by atoms with Crippen LogP contribution in [-0.4, -0.2) is 25.7 Å². The van der Waals surface area contributed by atoms with Crippen molar-refractivity contribution in [2.45, 2.75) is 20.0 Å². The highest BCUT2D eigenvalue weighted by Crippen LogP contribution is 2.14. The van der Waals surface area contributed by atoms with E-state index in [0.717, 1.165) is 5.69 Å². The molecule has 0 heterocycles. The Labute approximate surface area is 96.0 Å². The quantitative estimate of drug-likeness (QED) is 0.621. The van der Waals surface area contributed by atoms with Crippen molar-refractivity contribution in [1.29, 1.82) is 0 Å². The zero-order valence-corrected chi connectivity index (χ0v) is 9.93. The van der Waals surface area contributed by atoms with Gasteiger partial charge < -0.3 is 15.4 Å². The Morgan fingerprint density at radius 1 is 1.38 bits per heavy atom. The number of carbonyl (C=O) groups excluding carboxylic acids is 1. The van der Waals surface area contributed by atoms with Crippen molar-refractivity contribution in [2.75, 3.05) is 24.2 Å². The molecule has 1 aromatic rings. The fourth-order valence-electron chi connectivity index (χ4n) is 1.31. The number of nitrogens with zero attached hydrogens (tertiary/aromatic N) is 1. The zero-order chi connectivity index (χ0) is 12.1. The molecule has 0 aliphatic heterocycles. The number of nitrogens with two attached hydrogens (primary N) is 1. The van der Waals surface area contributed by atoms with E-state index in [9.17, 15) is 4.79 Å². The van der Waals surface area contributed by atoms with Crippen LogP contribution in [0.5, 0.6) is 0 Å². The number of esters is 1. The lowest BCUT2D eigenvalue weighted by Gasteiger charge is -2.19. The van der Waals surface area contributed by atoms with Gasteiger partial charge in [0.25, 0.3) is 0 Å². The SMILES string of the molecule is CC(C)OC(=O)CN(C)c1ccc(N)cc1. The van der Waals surface area contributed by atoms with Gasteiger partial charge in [0.05, 0.1) is 6.10 Å². The van der Waals surface area contributed by atoms with Crippen molar-refractivity contribution in [3.63, 3.8) is 0 Å². The molecule has 0 radical (unpaired) electrons. The minimum Gasteiger partial charge on any atom is -0.462 e. The molecule has 0 saturated heterocycles. The molecule has 0 amide bonds. The van der Waals surface area contributed by atoms with Gasteiger partial charge in [-0.3, -0.25) is 4.79 Å². The minimum atomic E-state index is -0.227. The summed E-state index contributed by atoms with van der Waals surface area (Å²) in [6.45, 7) is 3.91. The minimum absolute atomic E-state index is 0.0766. The van der Waals surface area contributed by atoms with Crippen molar-refractivity contribution < 1.29 is 9.53 Å². The Hall–Kier alpha value is -1.71. The number of nitrogen functional groups attached to an aromatic ring is 1. The van der Waals surface area contributed by atoms with E-state index in [1.54, 1.807) is 12.1 Å². The van der Waals surface area contributed by atoms with Crippen molar-refractivity contribution >= 4 is 17.3 Å². The van der Waals surface area contributed by atoms with E-state index in [1.165, 1.54) is 0 Å². The van der Waals surface area contributed by atoms with E-state index in [4.69, 9.17) is 10.5 Å². The Morgan fingerprint density at radius 3 is 2.44 bits per heavy atom. The first-order valence-corrected chi connectivity index (χ1v) is 5.25. The number of hydrogen-bond acceptors (Lipinski definition) is 4. The molecule has 0 aliphatic rings. The van der Waals surface area contributed by atoms with Crippen LogP contribution in [-0.2, 0) is 9.53 Å². The molecule has 1 rings (SSSR count). The second-order valence-corrected chi connectivity index (χ2v) is 3.99. The van der Waals surface area contributed by atoms with Gasteiger partial charge in [-0.15, -0.1) is 0 Å². The average Bonchev–Trinajstić information content (AvgIpc) is 2.16. The number of carbonyl (C=O) groups is 1. The monoisotopic (exact) mass is 222 g/mol. The number of likely N-dealkylation sites (N-methyl/N-ethyl adjacent to an activating group) is 1. The first kappa shape index (κ1) is 12.4. The number of benzene rings is 1. The summed E-state index contributed by atoms with van der Waals surface area (Å²) in [5.41, 5.74) is 7.23. The molecular formula is C12H18N2O2. The van der Waals surface area contributed by atoms with E-state index in [0.29, 0.717) is 5.69 Å². The topological polar surface area (TPSA) is 55.6 Å². The van der Waals surface area contributed by atoms with E-state index in [2.05, 4.69) is 0 Å². The van der Waals surface area contributed by atoms with Crippen LogP contribution in [0.25, 0.3) is 0 Å². The summed E-state index contributed by atoms with van der Waals surface area (Å²) >= 11 is 0. The van der Waals surface area contributed by atoms with E-state index < -0.39 is 0 Å². The number of ether oxygens (including phenoxy) is 1.